The normalized spacial score (nSPS) is 19.5. The smallest absolute Gasteiger partial charge is 0.475 e. The lowest BCUT2D eigenvalue weighted by Gasteiger charge is -2.47. The van der Waals surface area contributed by atoms with Crippen LogP contribution in [0.2, 0.25) is 0 Å². The van der Waals surface area contributed by atoms with E-state index in [0.29, 0.717) is 18.8 Å². The fraction of sp³-hybridized carbons (Fsp3) is 0.708. The van der Waals surface area contributed by atoms with Crippen molar-refractivity contribution in [3.8, 4) is 0 Å². The van der Waals surface area contributed by atoms with Crippen molar-refractivity contribution in [2.45, 2.75) is 69.8 Å². The summed E-state index contributed by atoms with van der Waals surface area (Å²) in [6, 6.07) is 4.25. The Morgan fingerprint density at radius 2 is 1.57 bits per heavy atom. The summed E-state index contributed by atoms with van der Waals surface area (Å²) >= 11 is 0. The number of carboxylic acids is 2. The first-order valence-electron chi connectivity index (χ1n) is 12.7. The monoisotopic (exact) mass is 605 g/mol. The van der Waals surface area contributed by atoms with Crippen LogP contribution >= 0.6 is 0 Å². The summed E-state index contributed by atoms with van der Waals surface area (Å²) in [5.41, 5.74) is 2.61. The number of carboxylic acid groups (broad SMARTS) is 2. The van der Waals surface area contributed by atoms with Gasteiger partial charge in [0, 0.05) is 44.3 Å². The predicted octanol–water partition coefficient (Wildman–Crippen LogP) is 4.04. The average Bonchev–Trinajstić information content (AvgIpc) is 3.67. The topological polar surface area (TPSA) is 128 Å². The number of nitrogens with zero attached hydrogens (tertiary/aromatic N) is 3. The molecule has 228 valence electrons. The molecular weight excluding hydrogens is 572 g/mol. The van der Waals surface area contributed by atoms with Crippen LogP contribution in [0.1, 0.15) is 56.7 Å². The van der Waals surface area contributed by atoms with Crippen LogP contribution in [0, 0.1) is 5.92 Å². The molecule has 1 spiro atoms. The first-order valence-corrected chi connectivity index (χ1v) is 14.3. The highest BCUT2D eigenvalue weighted by Crippen LogP contribution is 2.42. The lowest BCUT2D eigenvalue weighted by molar-refractivity contribution is -0.193. The van der Waals surface area contributed by atoms with E-state index in [9.17, 15) is 34.8 Å². The number of fused-ring (bicyclic) bond motifs is 2. The van der Waals surface area contributed by atoms with E-state index in [1.54, 1.807) is 4.31 Å². The van der Waals surface area contributed by atoms with Gasteiger partial charge in [-0.05, 0) is 49.7 Å². The molecule has 16 heteroatoms. The molecule has 3 heterocycles. The standard InChI is InChI=1S/C20H31N3O2S.2C2HF3O2/c1-2-3-13-26(24,25)23-11-8-20(9-12-23)16-22(14-17-6-7-17)15-18-5-4-10-21-19(18)20;2*3-2(4,5)1(6)7/h4-5,10,17H,2-3,6-9,11-16H2,1H3;2*(H,6,7). The molecule has 0 aromatic carbocycles. The molecule has 2 aliphatic heterocycles. The lowest BCUT2D eigenvalue weighted by atomic mass is 9.72. The molecule has 1 saturated carbocycles. The van der Waals surface area contributed by atoms with Crippen molar-refractivity contribution in [2.24, 2.45) is 5.92 Å². The number of aromatic nitrogens is 1. The van der Waals surface area contributed by atoms with Crippen LogP contribution in [0.15, 0.2) is 18.3 Å². The molecule has 3 aliphatic rings. The molecule has 2 N–H and O–H groups in total. The van der Waals surface area contributed by atoms with Crippen LogP contribution in [0.4, 0.5) is 26.3 Å². The Morgan fingerprint density at radius 1 is 1.05 bits per heavy atom. The van der Waals surface area contributed by atoms with E-state index in [-0.39, 0.29) is 5.41 Å². The highest BCUT2D eigenvalue weighted by atomic mass is 32.2. The summed E-state index contributed by atoms with van der Waals surface area (Å²) < 4.78 is 90.4. The summed E-state index contributed by atoms with van der Waals surface area (Å²) in [7, 11) is -3.10. The minimum atomic E-state index is -5.08. The van der Waals surface area contributed by atoms with Gasteiger partial charge in [0.25, 0.3) is 0 Å². The number of hydrogen-bond donors (Lipinski definition) is 2. The third-order valence-electron chi connectivity index (χ3n) is 6.84. The van der Waals surface area contributed by atoms with Crippen molar-refractivity contribution in [1.82, 2.24) is 14.2 Å². The van der Waals surface area contributed by atoms with Crippen LogP contribution in [0.5, 0.6) is 0 Å². The molecule has 0 amide bonds. The fourth-order valence-corrected chi connectivity index (χ4v) is 6.33. The van der Waals surface area contributed by atoms with Gasteiger partial charge < -0.3 is 10.2 Å². The van der Waals surface area contributed by atoms with Gasteiger partial charge in [0.1, 0.15) is 0 Å². The zero-order chi connectivity index (χ0) is 30.4. The molecule has 0 bridgehead atoms. The van der Waals surface area contributed by atoms with Crippen molar-refractivity contribution in [2.75, 3.05) is 31.9 Å². The van der Waals surface area contributed by atoms with E-state index in [1.807, 2.05) is 19.2 Å². The second-order valence-corrected chi connectivity index (χ2v) is 12.2. The molecular formula is C24H33F6N3O6S. The summed E-state index contributed by atoms with van der Waals surface area (Å²) in [4.78, 5) is 25.2. The second kappa shape index (κ2) is 13.5. The zero-order valence-corrected chi connectivity index (χ0v) is 22.7. The lowest BCUT2D eigenvalue weighted by Crippen LogP contribution is -2.53. The maximum Gasteiger partial charge on any atom is 0.490 e. The Morgan fingerprint density at radius 3 is 2.02 bits per heavy atom. The largest absolute Gasteiger partial charge is 0.490 e. The molecule has 2 fully saturated rings. The number of sulfonamides is 1. The Kier molecular flexibility index (Phi) is 11.4. The minimum Gasteiger partial charge on any atom is -0.475 e. The number of halogens is 6. The number of piperidine rings is 1. The zero-order valence-electron chi connectivity index (χ0n) is 21.8. The number of carbonyl (C=O) groups is 2. The number of hydrogen-bond acceptors (Lipinski definition) is 6. The maximum atomic E-state index is 12.6. The van der Waals surface area contributed by atoms with E-state index in [4.69, 9.17) is 24.8 Å². The molecule has 1 aromatic heterocycles. The van der Waals surface area contributed by atoms with Crippen molar-refractivity contribution >= 4 is 22.0 Å². The van der Waals surface area contributed by atoms with Gasteiger partial charge in [-0.25, -0.2) is 22.3 Å². The summed E-state index contributed by atoms with van der Waals surface area (Å²) in [5.74, 6) is -4.35. The second-order valence-electron chi connectivity index (χ2n) is 10.1. The van der Waals surface area contributed by atoms with Gasteiger partial charge in [-0.2, -0.15) is 26.3 Å². The molecule has 1 aliphatic carbocycles. The molecule has 1 saturated heterocycles. The van der Waals surface area contributed by atoms with E-state index in [2.05, 4.69) is 11.0 Å². The third kappa shape index (κ3) is 9.87. The SMILES string of the molecule is CCCCS(=O)(=O)N1CCC2(CC1)CN(CC1CC1)Cc1cccnc12.O=C(O)C(F)(F)F.O=C(O)C(F)(F)F. The Bertz CT molecular complexity index is 1090. The van der Waals surface area contributed by atoms with Gasteiger partial charge in [0.05, 0.1) is 11.4 Å². The number of unbranched alkanes of at least 4 members (excludes halogenated alkanes) is 1. The van der Waals surface area contributed by atoms with Crippen LogP contribution < -0.4 is 0 Å². The molecule has 0 unspecified atom stereocenters. The molecule has 0 atom stereocenters. The summed E-state index contributed by atoms with van der Waals surface area (Å²) in [6.07, 6.45) is -2.07. The Hall–Kier alpha value is -2.46. The number of rotatable bonds is 6. The van der Waals surface area contributed by atoms with Crippen molar-refractivity contribution in [3.63, 3.8) is 0 Å². The van der Waals surface area contributed by atoms with E-state index in [0.717, 1.165) is 44.7 Å². The van der Waals surface area contributed by atoms with E-state index in [1.165, 1.54) is 30.6 Å². The number of aliphatic carboxylic acids is 2. The van der Waals surface area contributed by atoms with Crippen LogP contribution in [0.25, 0.3) is 0 Å². The van der Waals surface area contributed by atoms with Crippen LogP contribution in [0.3, 0.4) is 0 Å². The molecule has 40 heavy (non-hydrogen) atoms. The van der Waals surface area contributed by atoms with Crippen molar-refractivity contribution in [3.05, 3.63) is 29.6 Å². The van der Waals surface area contributed by atoms with Crippen LogP contribution in [-0.4, -0.2) is 89.0 Å². The van der Waals surface area contributed by atoms with Crippen molar-refractivity contribution in [1.29, 1.82) is 0 Å². The first kappa shape index (κ1) is 33.7. The van der Waals surface area contributed by atoms with Crippen molar-refractivity contribution < 1.29 is 54.6 Å². The molecule has 9 nitrogen and oxygen atoms in total. The van der Waals surface area contributed by atoms with E-state index >= 15 is 0 Å². The number of alkyl halides is 6. The average molecular weight is 606 g/mol. The van der Waals surface area contributed by atoms with Gasteiger partial charge in [0.2, 0.25) is 10.0 Å². The Balaban J connectivity index is 0.000000333. The summed E-state index contributed by atoms with van der Waals surface area (Å²) in [5, 5.41) is 14.2. The van der Waals surface area contributed by atoms with Gasteiger partial charge in [-0.3, -0.25) is 9.88 Å². The van der Waals surface area contributed by atoms with Gasteiger partial charge in [-0.1, -0.05) is 19.4 Å². The third-order valence-corrected chi connectivity index (χ3v) is 8.80. The van der Waals surface area contributed by atoms with Gasteiger partial charge in [0.15, 0.2) is 0 Å². The number of pyridine rings is 1. The highest BCUT2D eigenvalue weighted by molar-refractivity contribution is 7.89. The van der Waals surface area contributed by atoms with E-state index < -0.39 is 34.3 Å². The predicted molar refractivity (Wildman–Crippen MR) is 131 cm³/mol. The summed E-state index contributed by atoms with van der Waals surface area (Å²) in [6.45, 7) is 6.54. The first-order chi connectivity index (χ1) is 18.4. The highest BCUT2D eigenvalue weighted by Gasteiger charge is 2.45. The molecule has 4 rings (SSSR count). The molecule has 0 radical (unpaired) electrons. The van der Waals surface area contributed by atoms with Gasteiger partial charge in [-0.15, -0.1) is 0 Å². The Labute approximate surface area is 228 Å². The fourth-order valence-electron chi connectivity index (χ4n) is 4.68. The quantitative estimate of drug-likeness (QED) is 0.466. The maximum absolute atomic E-state index is 12.6. The molecule has 1 aromatic rings. The minimum absolute atomic E-state index is 0.0283. The van der Waals surface area contributed by atoms with Gasteiger partial charge >= 0.3 is 24.3 Å². The van der Waals surface area contributed by atoms with Crippen LogP contribution in [-0.2, 0) is 31.6 Å².